The summed E-state index contributed by atoms with van der Waals surface area (Å²) in [4.78, 5) is 30.0. The van der Waals surface area contributed by atoms with Crippen LogP contribution in [0.4, 0.5) is 0 Å². The molecule has 2 aromatic carbocycles. The third-order valence-corrected chi connectivity index (χ3v) is 5.42. The molecule has 6 nitrogen and oxygen atoms in total. The first-order valence-corrected chi connectivity index (χ1v) is 10.4. The SMILES string of the molecule is COCC(C)NC(=O)CSc1nc2ccccc2c(=O)n1Cc1ccc(C)cc1. The van der Waals surface area contributed by atoms with E-state index in [1.807, 2.05) is 56.3 Å². The van der Waals surface area contributed by atoms with E-state index < -0.39 is 0 Å². The average molecular weight is 412 g/mol. The number of carbonyl (C=O) groups excluding carboxylic acids is 1. The molecule has 0 fully saturated rings. The maximum atomic E-state index is 13.1. The van der Waals surface area contributed by atoms with Gasteiger partial charge in [-0.25, -0.2) is 4.98 Å². The van der Waals surface area contributed by atoms with E-state index in [9.17, 15) is 9.59 Å². The molecule has 0 saturated heterocycles. The van der Waals surface area contributed by atoms with Crippen LogP contribution in [0.25, 0.3) is 10.9 Å². The Morgan fingerprint density at radius 2 is 1.93 bits per heavy atom. The average Bonchev–Trinajstić information content (AvgIpc) is 2.70. The molecule has 0 aliphatic rings. The fraction of sp³-hybridized carbons (Fsp3) is 0.318. The van der Waals surface area contributed by atoms with Gasteiger partial charge in [-0.2, -0.15) is 0 Å². The lowest BCUT2D eigenvalue weighted by atomic mass is 10.1. The zero-order valence-electron chi connectivity index (χ0n) is 16.8. The number of methoxy groups -OCH3 is 1. The minimum absolute atomic E-state index is 0.0765. The fourth-order valence-corrected chi connectivity index (χ4v) is 3.82. The van der Waals surface area contributed by atoms with Crippen LogP contribution >= 0.6 is 11.8 Å². The number of aromatic nitrogens is 2. The Morgan fingerprint density at radius 3 is 2.66 bits per heavy atom. The molecule has 3 rings (SSSR count). The predicted octanol–water partition coefficient (Wildman–Crippen LogP) is 3.00. The molecule has 1 aromatic heterocycles. The van der Waals surface area contributed by atoms with Crippen molar-refractivity contribution < 1.29 is 9.53 Å². The summed E-state index contributed by atoms with van der Waals surface area (Å²) in [6.07, 6.45) is 0. The number of fused-ring (bicyclic) bond motifs is 1. The van der Waals surface area contributed by atoms with E-state index in [4.69, 9.17) is 4.74 Å². The maximum Gasteiger partial charge on any atom is 0.262 e. The normalized spacial score (nSPS) is 12.1. The largest absolute Gasteiger partial charge is 0.383 e. The van der Waals surface area contributed by atoms with Crippen LogP contribution < -0.4 is 10.9 Å². The summed E-state index contributed by atoms with van der Waals surface area (Å²) in [6, 6.07) is 15.3. The molecule has 0 aliphatic carbocycles. The van der Waals surface area contributed by atoms with Crippen LogP contribution in [-0.2, 0) is 16.1 Å². The van der Waals surface area contributed by atoms with Gasteiger partial charge in [-0.1, -0.05) is 53.7 Å². The summed E-state index contributed by atoms with van der Waals surface area (Å²) in [5, 5.41) is 3.98. The second-order valence-corrected chi connectivity index (χ2v) is 7.94. The molecule has 1 unspecified atom stereocenters. The number of benzene rings is 2. The summed E-state index contributed by atoms with van der Waals surface area (Å²) in [5.74, 6) is 0.0519. The Kier molecular flexibility index (Phi) is 7.06. The highest BCUT2D eigenvalue weighted by Crippen LogP contribution is 2.19. The quantitative estimate of drug-likeness (QED) is 0.456. The van der Waals surface area contributed by atoms with Crippen LogP contribution in [0.1, 0.15) is 18.1 Å². The molecule has 1 N–H and O–H groups in total. The van der Waals surface area contributed by atoms with Crippen LogP contribution in [0.15, 0.2) is 58.5 Å². The highest BCUT2D eigenvalue weighted by Gasteiger charge is 2.14. The molecule has 1 atom stereocenters. The van der Waals surface area contributed by atoms with Gasteiger partial charge in [0.2, 0.25) is 5.91 Å². The van der Waals surface area contributed by atoms with Crippen LogP contribution in [0.3, 0.4) is 0 Å². The van der Waals surface area contributed by atoms with Gasteiger partial charge in [0.1, 0.15) is 0 Å². The first-order valence-electron chi connectivity index (χ1n) is 9.44. The van der Waals surface area contributed by atoms with Gasteiger partial charge in [0.05, 0.1) is 29.8 Å². The number of thioether (sulfide) groups is 1. The van der Waals surface area contributed by atoms with Gasteiger partial charge < -0.3 is 10.1 Å². The van der Waals surface area contributed by atoms with Crippen molar-refractivity contribution >= 4 is 28.6 Å². The highest BCUT2D eigenvalue weighted by molar-refractivity contribution is 7.99. The third kappa shape index (κ3) is 5.46. The summed E-state index contributed by atoms with van der Waals surface area (Å²) >= 11 is 1.27. The van der Waals surface area contributed by atoms with Crippen LogP contribution in [0.5, 0.6) is 0 Å². The number of para-hydroxylation sites is 1. The zero-order chi connectivity index (χ0) is 20.8. The van der Waals surface area contributed by atoms with Crippen molar-refractivity contribution in [2.45, 2.75) is 31.6 Å². The van der Waals surface area contributed by atoms with Crippen LogP contribution in [-0.4, -0.2) is 41.0 Å². The van der Waals surface area contributed by atoms with E-state index in [0.717, 1.165) is 11.1 Å². The molecule has 0 saturated carbocycles. The Balaban J connectivity index is 1.89. The van der Waals surface area contributed by atoms with E-state index in [1.54, 1.807) is 17.7 Å². The van der Waals surface area contributed by atoms with Crippen molar-refractivity contribution in [3.8, 4) is 0 Å². The number of hydrogen-bond acceptors (Lipinski definition) is 5. The van der Waals surface area contributed by atoms with Gasteiger partial charge in [0, 0.05) is 13.2 Å². The lowest BCUT2D eigenvalue weighted by Crippen LogP contribution is -2.36. The Bertz CT molecular complexity index is 1050. The first kappa shape index (κ1) is 21.1. The number of amides is 1. The van der Waals surface area contributed by atoms with Gasteiger partial charge in [-0.05, 0) is 31.5 Å². The minimum Gasteiger partial charge on any atom is -0.383 e. The molecular formula is C22H25N3O3S. The number of nitrogens with one attached hydrogen (secondary N) is 1. The second kappa shape index (κ2) is 9.71. The molecule has 0 aliphatic heterocycles. The molecule has 7 heteroatoms. The molecule has 29 heavy (non-hydrogen) atoms. The van der Waals surface area contributed by atoms with Gasteiger partial charge in [0.15, 0.2) is 5.16 Å². The molecule has 0 radical (unpaired) electrons. The molecule has 1 heterocycles. The van der Waals surface area contributed by atoms with E-state index in [0.29, 0.717) is 29.2 Å². The maximum absolute atomic E-state index is 13.1. The van der Waals surface area contributed by atoms with Crippen molar-refractivity contribution in [2.24, 2.45) is 0 Å². The topological polar surface area (TPSA) is 73.2 Å². The highest BCUT2D eigenvalue weighted by atomic mass is 32.2. The van der Waals surface area contributed by atoms with Gasteiger partial charge in [-0.3, -0.25) is 14.2 Å². The number of hydrogen-bond donors (Lipinski definition) is 1. The molecule has 3 aromatic rings. The minimum atomic E-state index is -0.121. The van der Waals surface area contributed by atoms with Gasteiger partial charge in [0.25, 0.3) is 5.56 Å². The molecule has 0 spiro atoms. The Morgan fingerprint density at radius 1 is 1.21 bits per heavy atom. The third-order valence-electron chi connectivity index (χ3n) is 4.44. The summed E-state index contributed by atoms with van der Waals surface area (Å²) in [5.41, 5.74) is 2.70. The Hall–Kier alpha value is -2.64. The number of rotatable bonds is 8. The van der Waals surface area contributed by atoms with E-state index in [2.05, 4.69) is 10.3 Å². The summed E-state index contributed by atoms with van der Waals surface area (Å²) in [7, 11) is 1.60. The number of aryl methyl sites for hydroxylation is 1. The summed E-state index contributed by atoms with van der Waals surface area (Å²) in [6.45, 7) is 4.76. The smallest absolute Gasteiger partial charge is 0.262 e. The lowest BCUT2D eigenvalue weighted by Gasteiger charge is -2.15. The fourth-order valence-electron chi connectivity index (χ4n) is 3.01. The molecule has 1 amide bonds. The second-order valence-electron chi connectivity index (χ2n) is 7.00. The van der Waals surface area contributed by atoms with Gasteiger partial charge >= 0.3 is 0 Å². The lowest BCUT2D eigenvalue weighted by molar-refractivity contribution is -0.119. The van der Waals surface area contributed by atoms with E-state index >= 15 is 0 Å². The molecular weight excluding hydrogens is 386 g/mol. The number of ether oxygens (including phenoxy) is 1. The van der Waals surface area contributed by atoms with Crippen molar-refractivity contribution in [3.05, 3.63) is 70.0 Å². The molecule has 0 bridgehead atoms. The standard InChI is InChI=1S/C22H25N3O3S/c1-15-8-10-17(11-9-15)12-25-21(27)18-6-4-5-7-19(18)24-22(25)29-14-20(26)23-16(2)13-28-3/h4-11,16H,12-14H2,1-3H3,(H,23,26). The molecule has 152 valence electrons. The van der Waals surface area contributed by atoms with Gasteiger partial charge in [-0.15, -0.1) is 0 Å². The number of nitrogens with zero attached hydrogens (tertiary/aromatic N) is 2. The van der Waals surface area contributed by atoms with Crippen LogP contribution in [0.2, 0.25) is 0 Å². The van der Waals surface area contributed by atoms with Crippen molar-refractivity contribution in [3.63, 3.8) is 0 Å². The van der Waals surface area contributed by atoms with Crippen LogP contribution in [0, 0.1) is 6.92 Å². The Labute approximate surface area is 174 Å². The zero-order valence-corrected chi connectivity index (χ0v) is 17.7. The number of carbonyl (C=O) groups is 1. The van der Waals surface area contributed by atoms with E-state index in [1.165, 1.54) is 11.8 Å². The monoisotopic (exact) mass is 411 g/mol. The predicted molar refractivity (Wildman–Crippen MR) is 116 cm³/mol. The van der Waals surface area contributed by atoms with Crippen molar-refractivity contribution in [2.75, 3.05) is 19.5 Å². The van der Waals surface area contributed by atoms with Crippen molar-refractivity contribution in [1.82, 2.24) is 14.9 Å². The van der Waals surface area contributed by atoms with Crippen molar-refractivity contribution in [1.29, 1.82) is 0 Å². The first-order chi connectivity index (χ1) is 14.0. The summed E-state index contributed by atoms with van der Waals surface area (Å²) < 4.78 is 6.69. The van der Waals surface area contributed by atoms with E-state index in [-0.39, 0.29) is 23.3 Å².